The lowest BCUT2D eigenvalue weighted by Crippen LogP contribution is -2.29. The number of nitrogens with one attached hydrogen (secondary N) is 1. The van der Waals surface area contributed by atoms with Crippen molar-refractivity contribution in [3.8, 4) is 0 Å². The summed E-state index contributed by atoms with van der Waals surface area (Å²) >= 11 is 1.79. The van der Waals surface area contributed by atoms with E-state index in [0.29, 0.717) is 0 Å². The van der Waals surface area contributed by atoms with E-state index < -0.39 is 0 Å². The molecule has 0 aliphatic rings. The number of imidazole rings is 1. The van der Waals surface area contributed by atoms with Crippen LogP contribution in [-0.2, 0) is 13.0 Å². The van der Waals surface area contributed by atoms with E-state index in [0.717, 1.165) is 18.8 Å². The molecule has 20 heavy (non-hydrogen) atoms. The van der Waals surface area contributed by atoms with Crippen LogP contribution in [0.5, 0.6) is 0 Å². The van der Waals surface area contributed by atoms with Gasteiger partial charge in [0.05, 0.1) is 6.04 Å². The molecule has 0 spiro atoms. The highest BCUT2D eigenvalue weighted by molar-refractivity contribution is 7.19. The topological polar surface area (TPSA) is 55.9 Å². The third kappa shape index (κ3) is 2.47. The lowest BCUT2D eigenvalue weighted by Gasteiger charge is -2.14. The lowest BCUT2D eigenvalue weighted by molar-refractivity contribution is 0.530. The fraction of sp³-hybridized carbons (Fsp3) is 0.267. The van der Waals surface area contributed by atoms with Gasteiger partial charge in [0.25, 0.3) is 0 Å². The van der Waals surface area contributed by atoms with Crippen LogP contribution in [0.15, 0.2) is 42.7 Å². The Morgan fingerprint density at radius 1 is 1.40 bits per heavy atom. The summed E-state index contributed by atoms with van der Waals surface area (Å²) < 4.78 is 3.44. The SMILES string of the molecule is CCn1ccnc1CC(NN)c1cc2ccccc2s1. The summed E-state index contributed by atoms with van der Waals surface area (Å²) in [6, 6.07) is 10.7. The number of hydrogen-bond acceptors (Lipinski definition) is 4. The van der Waals surface area contributed by atoms with E-state index in [1.54, 1.807) is 11.3 Å². The second-order valence-corrected chi connectivity index (χ2v) is 5.85. The normalized spacial score (nSPS) is 12.9. The Labute approximate surface area is 122 Å². The number of aromatic nitrogens is 2. The van der Waals surface area contributed by atoms with Crippen molar-refractivity contribution in [3.63, 3.8) is 0 Å². The minimum absolute atomic E-state index is 0.0973. The van der Waals surface area contributed by atoms with Gasteiger partial charge in [0.2, 0.25) is 0 Å². The van der Waals surface area contributed by atoms with Crippen molar-refractivity contribution in [1.29, 1.82) is 0 Å². The molecular formula is C15H18N4S. The Hall–Kier alpha value is -1.69. The van der Waals surface area contributed by atoms with Crippen molar-refractivity contribution >= 4 is 21.4 Å². The zero-order valence-electron chi connectivity index (χ0n) is 11.4. The van der Waals surface area contributed by atoms with E-state index in [9.17, 15) is 0 Å². The molecule has 5 heteroatoms. The molecule has 0 amide bonds. The number of nitrogens with zero attached hydrogens (tertiary/aromatic N) is 2. The van der Waals surface area contributed by atoms with E-state index >= 15 is 0 Å². The van der Waals surface area contributed by atoms with Gasteiger partial charge in [-0.15, -0.1) is 11.3 Å². The van der Waals surface area contributed by atoms with E-state index in [4.69, 9.17) is 5.84 Å². The number of nitrogens with two attached hydrogens (primary N) is 1. The van der Waals surface area contributed by atoms with Gasteiger partial charge in [-0.05, 0) is 24.4 Å². The van der Waals surface area contributed by atoms with E-state index in [1.165, 1.54) is 15.0 Å². The first-order valence-electron chi connectivity index (χ1n) is 6.76. The highest BCUT2D eigenvalue weighted by Gasteiger charge is 2.16. The van der Waals surface area contributed by atoms with E-state index in [1.807, 2.05) is 12.4 Å². The average molecular weight is 286 g/mol. The fourth-order valence-electron chi connectivity index (χ4n) is 2.42. The van der Waals surface area contributed by atoms with Crippen molar-refractivity contribution in [2.24, 2.45) is 5.84 Å². The number of hydrogen-bond donors (Lipinski definition) is 2. The fourth-order valence-corrected chi connectivity index (χ4v) is 3.54. The Morgan fingerprint density at radius 3 is 3.00 bits per heavy atom. The number of aryl methyl sites for hydroxylation is 1. The standard InChI is InChI=1S/C15H18N4S/c1-2-19-8-7-17-15(19)10-12(18-16)14-9-11-5-3-4-6-13(11)20-14/h3-9,12,18H,2,10,16H2,1H3. The number of hydrazine groups is 1. The van der Waals surface area contributed by atoms with Gasteiger partial charge in [-0.2, -0.15) is 0 Å². The van der Waals surface area contributed by atoms with Gasteiger partial charge >= 0.3 is 0 Å². The summed E-state index contributed by atoms with van der Waals surface area (Å²) in [6.07, 6.45) is 4.65. The minimum Gasteiger partial charge on any atom is -0.335 e. The second kappa shape index (κ2) is 5.75. The first-order chi connectivity index (χ1) is 9.81. The van der Waals surface area contributed by atoms with Crippen molar-refractivity contribution in [1.82, 2.24) is 15.0 Å². The summed E-state index contributed by atoms with van der Waals surface area (Å²) in [5, 5.41) is 1.27. The third-order valence-electron chi connectivity index (χ3n) is 3.52. The molecule has 0 aliphatic carbocycles. The summed E-state index contributed by atoms with van der Waals surface area (Å²) in [7, 11) is 0. The average Bonchev–Trinajstić information content (AvgIpc) is 3.10. The highest BCUT2D eigenvalue weighted by Crippen LogP contribution is 2.30. The molecule has 0 radical (unpaired) electrons. The molecule has 0 bridgehead atoms. The summed E-state index contributed by atoms with van der Waals surface area (Å²) in [5.74, 6) is 6.82. The van der Waals surface area contributed by atoms with Crippen LogP contribution < -0.4 is 11.3 Å². The summed E-state index contributed by atoms with van der Waals surface area (Å²) in [6.45, 7) is 3.05. The van der Waals surface area contributed by atoms with Crippen molar-refractivity contribution in [3.05, 3.63) is 53.4 Å². The largest absolute Gasteiger partial charge is 0.335 e. The van der Waals surface area contributed by atoms with Crippen molar-refractivity contribution in [2.75, 3.05) is 0 Å². The number of fused-ring (bicyclic) bond motifs is 1. The smallest absolute Gasteiger partial charge is 0.110 e. The van der Waals surface area contributed by atoms with Gasteiger partial charge < -0.3 is 4.57 Å². The van der Waals surface area contributed by atoms with Gasteiger partial charge in [0, 0.05) is 34.9 Å². The van der Waals surface area contributed by atoms with Crippen molar-refractivity contribution in [2.45, 2.75) is 25.9 Å². The zero-order valence-corrected chi connectivity index (χ0v) is 12.2. The lowest BCUT2D eigenvalue weighted by atomic mass is 10.1. The van der Waals surface area contributed by atoms with Crippen LogP contribution in [0, 0.1) is 0 Å². The predicted molar refractivity (Wildman–Crippen MR) is 83.5 cm³/mol. The van der Waals surface area contributed by atoms with Gasteiger partial charge in [-0.3, -0.25) is 11.3 Å². The Balaban J connectivity index is 1.89. The Morgan fingerprint density at radius 2 is 2.25 bits per heavy atom. The van der Waals surface area contributed by atoms with Crippen LogP contribution in [0.25, 0.3) is 10.1 Å². The first-order valence-corrected chi connectivity index (χ1v) is 7.58. The van der Waals surface area contributed by atoms with Crippen LogP contribution >= 0.6 is 11.3 Å². The zero-order chi connectivity index (χ0) is 13.9. The maximum absolute atomic E-state index is 5.75. The van der Waals surface area contributed by atoms with Crippen LogP contribution in [0.2, 0.25) is 0 Å². The number of benzene rings is 1. The Bertz CT molecular complexity index is 668. The third-order valence-corrected chi connectivity index (χ3v) is 4.75. The molecule has 0 fully saturated rings. The highest BCUT2D eigenvalue weighted by atomic mass is 32.1. The molecule has 3 N–H and O–H groups in total. The van der Waals surface area contributed by atoms with Crippen LogP contribution in [0.3, 0.4) is 0 Å². The molecule has 3 aromatic rings. The Kier molecular flexibility index (Phi) is 3.82. The van der Waals surface area contributed by atoms with Gasteiger partial charge in [0.1, 0.15) is 5.82 Å². The van der Waals surface area contributed by atoms with Crippen LogP contribution in [0.4, 0.5) is 0 Å². The van der Waals surface area contributed by atoms with Crippen molar-refractivity contribution < 1.29 is 0 Å². The molecule has 0 saturated heterocycles. The monoisotopic (exact) mass is 286 g/mol. The predicted octanol–water partition coefficient (Wildman–Crippen LogP) is 2.86. The van der Waals surface area contributed by atoms with Gasteiger partial charge in [-0.25, -0.2) is 4.98 Å². The second-order valence-electron chi connectivity index (χ2n) is 4.74. The summed E-state index contributed by atoms with van der Waals surface area (Å²) in [5.41, 5.74) is 2.93. The van der Waals surface area contributed by atoms with Gasteiger partial charge in [0.15, 0.2) is 0 Å². The van der Waals surface area contributed by atoms with E-state index in [2.05, 4.69) is 52.2 Å². The maximum Gasteiger partial charge on any atom is 0.110 e. The number of thiophene rings is 1. The quantitative estimate of drug-likeness (QED) is 0.560. The molecule has 4 nitrogen and oxygen atoms in total. The first kappa shape index (κ1) is 13.3. The molecule has 3 rings (SSSR count). The molecule has 2 heterocycles. The van der Waals surface area contributed by atoms with Gasteiger partial charge in [-0.1, -0.05) is 18.2 Å². The van der Waals surface area contributed by atoms with Crippen LogP contribution in [-0.4, -0.2) is 9.55 Å². The van der Waals surface area contributed by atoms with E-state index in [-0.39, 0.29) is 6.04 Å². The molecule has 1 atom stereocenters. The number of rotatable bonds is 5. The molecule has 0 aliphatic heterocycles. The maximum atomic E-state index is 5.75. The summed E-state index contributed by atoms with van der Waals surface area (Å²) in [4.78, 5) is 5.68. The molecule has 1 aromatic carbocycles. The molecule has 0 saturated carbocycles. The van der Waals surface area contributed by atoms with Crippen LogP contribution in [0.1, 0.15) is 23.7 Å². The molecular weight excluding hydrogens is 268 g/mol. The molecule has 104 valence electrons. The molecule has 1 unspecified atom stereocenters. The minimum atomic E-state index is 0.0973. The molecule has 2 aromatic heterocycles.